The minimum Gasteiger partial charge on any atom is -0.390 e. The van der Waals surface area contributed by atoms with Crippen molar-refractivity contribution in [2.75, 3.05) is 13.1 Å². The topological polar surface area (TPSA) is 52.6 Å². The van der Waals surface area contributed by atoms with Crippen molar-refractivity contribution in [2.45, 2.75) is 69.6 Å². The molecule has 4 aliphatic carbocycles. The van der Waals surface area contributed by atoms with E-state index in [-0.39, 0.29) is 17.4 Å². The zero-order valence-corrected chi connectivity index (χ0v) is 17.3. The van der Waals surface area contributed by atoms with Crippen molar-refractivity contribution >= 4 is 17.5 Å². The molecule has 1 heterocycles. The summed E-state index contributed by atoms with van der Waals surface area (Å²) < 4.78 is 0. The van der Waals surface area contributed by atoms with Crippen molar-refractivity contribution in [3.8, 4) is 0 Å². The van der Waals surface area contributed by atoms with Crippen molar-refractivity contribution < 1.29 is 9.90 Å². The third-order valence-corrected chi connectivity index (χ3v) is 8.01. The first-order chi connectivity index (χ1) is 13.4. The maximum atomic E-state index is 13.3. The molecule has 0 spiro atoms. The van der Waals surface area contributed by atoms with Crippen LogP contribution in [0.2, 0.25) is 5.02 Å². The van der Waals surface area contributed by atoms with E-state index in [9.17, 15) is 9.90 Å². The molecule has 6 rings (SSSR count). The smallest absolute Gasteiger partial charge is 0.226 e. The summed E-state index contributed by atoms with van der Waals surface area (Å²) in [6.45, 7) is 2.96. The fraction of sp³-hybridized carbons (Fsp3) is 0.696. The van der Waals surface area contributed by atoms with Gasteiger partial charge < -0.3 is 10.4 Å². The van der Waals surface area contributed by atoms with Gasteiger partial charge in [-0.1, -0.05) is 23.7 Å². The number of benzene rings is 1. The summed E-state index contributed by atoms with van der Waals surface area (Å²) in [5.41, 5.74) is 0.427. The number of amides is 1. The first-order valence-corrected chi connectivity index (χ1v) is 11.3. The van der Waals surface area contributed by atoms with Crippen LogP contribution in [0.1, 0.15) is 56.9 Å². The zero-order valence-electron chi connectivity index (χ0n) is 16.5. The second-order valence-electron chi connectivity index (χ2n) is 10.1. The molecule has 2 N–H and O–H groups in total. The van der Waals surface area contributed by atoms with Crippen LogP contribution in [-0.2, 0) is 11.3 Å². The largest absolute Gasteiger partial charge is 0.390 e. The third kappa shape index (κ3) is 3.59. The Morgan fingerprint density at radius 1 is 1.11 bits per heavy atom. The van der Waals surface area contributed by atoms with Gasteiger partial charge in [-0.3, -0.25) is 9.69 Å². The molecular weight excluding hydrogens is 372 g/mol. The van der Waals surface area contributed by atoms with E-state index in [1.165, 1.54) is 12.0 Å². The van der Waals surface area contributed by atoms with Gasteiger partial charge in [-0.05, 0) is 80.9 Å². The molecule has 5 aliphatic rings. The molecule has 5 fully saturated rings. The van der Waals surface area contributed by atoms with Crippen LogP contribution >= 0.6 is 11.6 Å². The van der Waals surface area contributed by atoms with Gasteiger partial charge in [0.2, 0.25) is 5.91 Å². The fourth-order valence-corrected chi connectivity index (χ4v) is 7.03. The molecule has 2 atom stereocenters. The minimum absolute atomic E-state index is 0.233. The quantitative estimate of drug-likeness (QED) is 0.806. The summed E-state index contributed by atoms with van der Waals surface area (Å²) in [5.74, 6) is 1.34. The van der Waals surface area contributed by atoms with E-state index in [4.69, 9.17) is 11.6 Å². The number of nitrogens with zero attached hydrogens (tertiary/aromatic N) is 1. The first-order valence-electron chi connectivity index (χ1n) is 10.9. The van der Waals surface area contributed by atoms with E-state index in [1.54, 1.807) is 0 Å². The molecule has 0 unspecified atom stereocenters. The van der Waals surface area contributed by atoms with Gasteiger partial charge in [0.05, 0.1) is 11.0 Å². The number of piperidine rings is 1. The Hall–Kier alpha value is -1.10. The van der Waals surface area contributed by atoms with E-state index >= 15 is 0 Å². The molecular formula is C23H31ClN2O2. The van der Waals surface area contributed by atoms with Crippen molar-refractivity contribution in [3.05, 3.63) is 34.9 Å². The van der Waals surface area contributed by atoms with Crippen molar-refractivity contribution in [3.63, 3.8) is 0 Å². The van der Waals surface area contributed by atoms with E-state index < -0.39 is 5.60 Å². The standard InChI is InChI=1S/C23H31ClN2O2/c24-19-3-1-16(2-4-19)14-26-7-5-20(6-8-26)25-21(27)22-10-17-9-18(11-22)13-23(28,12-17)15-22/h1-4,17-18,20,28H,5-15H2,(H,25,27)/t17-,18-,22?,23?/m1/s1. The number of rotatable bonds is 4. The number of halogens is 1. The molecule has 1 aromatic rings. The van der Waals surface area contributed by atoms with E-state index in [0.29, 0.717) is 18.3 Å². The van der Waals surface area contributed by atoms with E-state index in [2.05, 4.69) is 22.3 Å². The molecule has 1 amide bonds. The van der Waals surface area contributed by atoms with Gasteiger partial charge in [0.1, 0.15) is 0 Å². The second kappa shape index (κ2) is 7.00. The van der Waals surface area contributed by atoms with Crippen LogP contribution in [0.5, 0.6) is 0 Å². The van der Waals surface area contributed by atoms with Crippen molar-refractivity contribution in [1.82, 2.24) is 10.2 Å². The van der Waals surface area contributed by atoms with Gasteiger partial charge in [0, 0.05) is 30.7 Å². The summed E-state index contributed by atoms with van der Waals surface area (Å²) in [6, 6.07) is 8.35. The number of hydrogen-bond donors (Lipinski definition) is 2. The monoisotopic (exact) mass is 402 g/mol. The molecule has 5 heteroatoms. The maximum absolute atomic E-state index is 13.3. The Kier molecular flexibility index (Phi) is 4.72. The van der Waals surface area contributed by atoms with Crippen LogP contribution in [0.3, 0.4) is 0 Å². The molecule has 0 radical (unpaired) electrons. The SMILES string of the molecule is O=C(NC1CCN(Cc2ccc(Cl)cc2)CC1)C12C[C@H]3C[C@@H](CC(O)(C3)C1)C2. The van der Waals surface area contributed by atoms with Crippen LogP contribution in [0, 0.1) is 17.3 Å². The second-order valence-corrected chi connectivity index (χ2v) is 10.6. The molecule has 28 heavy (non-hydrogen) atoms. The number of aliphatic hydroxyl groups is 1. The fourth-order valence-electron chi connectivity index (χ4n) is 6.90. The molecule has 4 nitrogen and oxygen atoms in total. The van der Waals surface area contributed by atoms with Gasteiger partial charge >= 0.3 is 0 Å². The number of likely N-dealkylation sites (tertiary alicyclic amines) is 1. The average Bonchev–Trinajstić information content (AvgIpc) is 2.63. The van der Waals surface area contributed by atoms with E-state index in [1.807, 2.05) is 12.1 Å². The Morgan fingerprint density at radius 3 is 2.36 bits per heavy atom. The third-order valence-electron chi connectivity index (χ3n) is 7.75. The Balaban J connectivity index is 1.16. The normalized spacial score (nSPS) is 37.9. The van der Waals surface area contributed by atoms with Gasteiger partial charge in [-0.2, -0.15) is 0 Å². The number of hydrogen-bond acceptors (Lipinski definition) is 3. The van der Waals surface area contributed by atoms with Gasteiger partial charge in [-0.25, -0.2) is 0 Å². The van der Waals surface area contributed by atoms with Gasteiger partial charge in [0.15, 0.2) is 0 Å². The van der Waals surface area contributed by atoms with Crippen molar-refractivity contribution in [2.24, 2.45) is 17.3 Å². The number of carbonyl (C=O) groups is 1. The lowest BCUT2D eigenvalue weighted by Crippen LogP contribution is -2.61. The highest BCUT2D eigenvalue weighted by Gasteiger charge is 2.60. The predicted molar refractivity (Wildman–Crippen MR) is 110 cm³/mol. The molecule has 1 saturated heterocycles. The number of nitrogens with one attached hydrogen (secondary N) is 1. The van der Waals surface area contributed by atoms with Gasteiger partial charge in [-0.15, -0.1) is 0 Å². The lowest BCUT2D eigenvalue weighted by molar-refractivity contribution is -0.178. The van der Waals surface area contributed by atoms with Crippen molar-refractivity contribution in [1.29, 1.82) is 0 Å². The van der Waals surface area contributed by atoms with Crippen LogP contribution < -0.4 is 5.32 Å². The highest BCUT2D eigenvalue weighted by molar-refractivity contribution is 6.30. The summed E-state index contributed by atoms with van der Waals surface area (Å²) in [4.78, 5) is 15.7. The summed E-state index contributed by atoms with van der Waals surface area (Å²) >= 11 is 5.97. The molecule has 152 valence electrons. The summed E-state index contributed by atoms with van der Waals surface area (Å²) in [7, 11) is 0. The molecule has 1 aliphatic heterocycles. The molecule has 4 bridgehead atoms. The average molecular weight is 403 g/mol. The molecule has 4 saturated carbocycles. The summed E-state index contributed by atoms with van der Waals surface area (Å²) in [5, 5.41) is 15.1. The van der Waals surface area contributed by atoms with Crippen LogP contribution in [0.15, 0.2) is 24.3 Å². The van der Waals surface area contributed by atoms with Crippen LogP contribution in [0.25, 0.3) is 0 Å². The highest BCUT2D eigenvalue weighted by atomic mass is 35.5. The highest BCUT2D eigenvalue weighted by Crippen LogP contribution is 2.61. The first kappa shape index (κ1) is 18.9. The van der Waals surface area contributed by atoms with E-state index in [0.717, 1.165) is 63.2 Å². The lowest BCUT2D eigenvalue weighted by atomic mass is 9.47. The number of carbonyl (C=O) groups excluding carboxylic acids is 1. The maximum Gasteiger partial charge on any atom is 0.226 e. The van der Waals surface area contributed by atoms with Crippen LogP contribution in [-0.4, -0.2) is 40.6 Å². The predicted octanol–water partition coefficient (Wildman–Crippen LogP) is 3.75. The Bertz CT molecular complexity index is 727. The summed E-state index contributed by atoms with van der Waals surface area (Å²) in [6.07, 6.45) is 7.75. The van der Waals surface area contributed by atoms with Crippen LogP contribution in [0.4, 0.5) is 0 Å². The minimum atomic E-state index is -0.566. The van der Waals surface area contributed by atoms with Gasteiger partial charge in [0.25, 0.3) is 0 Å². The Labute approximate surface area is 172 Å². The lowest BCUT2D eigenvalue weighted by Gasteiger charge is -2.59. The Morgan fingerprint density at radius 2 is 1.75 bits per heavy atom. The molecule has 0 aromatic heterocycles. The zero-order chi connectivity index (χ0) is 19.4. The molecule has 1 aromatic carbocycles.